The number of amides is 1. The lowest BCUT2D eigenvalue weighted by atomic mass is 10.2. The molecule has 2 rings (SSSR count). The van der Waals surface area contributed by atoms with Crippen LogP contribution in [0.2, 0.25) is 5.02 Å². The second kappa shape index (κ2) is 8.20. The number of hydrogen-bond acceptors (Lipinski definition) is 2. The Labute approximate surface area is 133 Å². The molecule has 0 aliphatic heterocycles. The molecule has 0 bridgehead atoms. The standard InChI is InChI=1S/C17H15ClFNO2/c18-16-14(8-4-10-15(16)19)9-5-11-20-17(21)22-12-13-6-2-1-3-7-13/h1-10H,11-12H2,(H,20,21). The van der Waals surface area contributed by atoms with Crippen LogP contribution >= 0.6 is 11.6 Å². The van der Waals surface area contributed by atoms with E-state index in [1.807, 2.05) is 30.3 Å². The van der Waals surface area contributed by atoms with Crippen molar-refractivity contribution in [3.63, 3.8) is 0 Å². The lowest BCUT2D eigenvalue weighted by Gasteiger charge is -2.05. The Morgan fingerprint density at radius 1 is 1.18 bits per heavy atom. The maximum atomic E-state index is 13.2. The summed E-state index contributed by atoms with van der Waals surface area (Å²) in [5.74, 6) is -0.473. The molecule has 114 valence electrons. The molecule has 2 aromatic rings. The van der Waals surface area contributed by atoms with Crippen LogP contribution < -0.4 is 5.32 Å². The number of alkyl carbamates (subject to hydrolysis) is 1. The highest BCUT2D eigenvalue weighted by Crippen LogP contribution is 2.20. The first kappa shape index (κ1) is 16.0. The average molecular weight is 320 g/mol. The maximum absolute atomic E-state index is 13.2. The van der Waals surface area contributed by atoms with Crippen molar-refractivity contribution in [3.8, 4) is 0 Å². The molecule has 0 atom stereocenters. The highest BCUT2D eigenvalue weighted by Gasteiger charge is 2.03. The third-order valence-corrected chi connectivity index (χ3v) is 3.25. The van der Waals surface area contributed by atoms with E-state index in [0.29, 0.717) is 5.56 Å². The van der Waals surface area contributed by atoms with Gasteiger partial charge in [0.2, 0.25) is 0 Å². The van der Waals surface area contributed by atoms with Gasteiger partial charge in [-0.3, -0.25) is 0 Å². The van der Waals surface area contributed by atoms with Crippen LogP contribution in [0.4, 0.5) is 9.18 Å². The Morgan fingerprint density at radius 2 is 1.95 bits per heavy atom. The lowest BCUT2D eigenvalue weighted by molar-refractivity contribution is 0.141. The second-order valence-electron chi connectivity index (χ2n) is 4.49. The number of rotatable bonds is 5. The third-order valence-electron chi connectivity index (χ3n) is 2.86. The minimum atomic E-state index is -0.515. The smallest absolute Gasteiger partial charge is 0.407 e. The molecule has 5 heteroatoms. The summed E-state index contributed by atoms with van der Waals surface area (Å²) < 4.78 is 18.3. The van der Waals surface area contributed by atoms with Gasteiger partial charge in [0.25, 0.3) is 0 Å². The summed E-state index contributed by atoms with van der Waals surface area (Å²) in [7, 11) is 0. The largest absolute Gasteiger partial charge is 0.445 e. The van der Waals surface area contributed by atoms with E-state index < -0.39 is 11.9 Å². The van der Waals surface area contributed by atoms with Crippen molar-refractivity contribution in [1.29, 1.82) is 0 Å². The van der Waals surface area contributed by atoms with E-state index in [2.05, 4.69) is 5.32 Å². The Hall–Kier alpha value is -2.33. The summed E-state index contributed by atoms with van der Waals surface area (Å²) in [5.41, 5.74) is 1.47. The number of ether oxygens (including phenoxy) is 1. The molecule has 0 heterocycles. The first-order valence-electron chi connectivity index (χ1n) is 6.72. The van der Waals surface area contributed by atoms with Gasteiger partial charge in [0, 0.05) is 6.54 Å². The van der Waals surface area contributed by atoms with E-state index >= 15 is 0 Å². The van der Waals surface area contributed by atoms with Gasteiger partial charge in [-0.1, -0.05) is 66.2 Å². The van der Waals surface area contributed by atoms with Gasteiger partial charge in [-0.2, -0.15) is 0 Å². The molecule has 0 aliphatic rings. The molecule has 0 radical (unpaired) electrons. The van der Waals surface area contributed by atoms with E-state index in [0.717, 1.165) is 5.56 Å². The molecule has 0 saturated heterocycles. The van der Waals surface area contributed by atoms with Crippen LogP contribution in [0, 0.1) is 5.82 Å². The zero-order valence-electron chi connectivity index (χ0n) is 11.8. The van der Waals surface area contributed by atoms with Crippen LogP contribution in [0.3, 0.4) is 0 Å². The fourth-order valence-electron chi connectivity index (χ4n) is 1.75. The van der Waals surface area contributed by atoms with Gasteiger partial charge in [0.15, 0.2) is 0 Å². The molecular weight excluding hydrogens is 305 g/mol. The van der Waals surface area contributed by atoms with Gasteiger partial charge >= 0.3 is 6.09 Å². The van der Waals surface area contributed by atoms with Gasteiger partial charge in [-0.15, -0.1) is 0 Å². The topological polar surface area (TPSA) is 38.3 Å². The zero-order chi connectivity index (χ0) is 15.8. The van der Waals surface area contributed by atoms with E-state index in [9.17, 15) is 9.18 Å². The van der Waals surface area contributed by atoms with Crippen LogP contribution in [0.1, 0.15) is 11.1 Å². The first-order chi connectivity index (χ1) is 10.7. The van der Waals surface area contributed by atoms with E-state index in [4.69, 9.17) is 16.3 Å². The van der Waals surface area contributed by atoms with Crippen molar-refractivity contribution in [3.05, 3.63) is 76.6 Å². The number of benzene rings is 2. The SMILES string of the molecule is O=C(NCC=Cc1cccc(F)c1Cl)OCc1ccccc1. The number of halogens is 2. The first-order valence-corrected chi connectivity index (χ1v) is 7.09. The van der Waals surface area contributed by atoms with Gasteiger partial charge in [-0.05, 0) is 17.2 Å². The summed E-state index contributed by atoms with van der Waals surface area (Å²) in [4.78, 5) is 11.5. The number of carbonyl (C=O) groups excluding carboxylic acids is 1. The fraction of sp³-hybridized carbons (Fsp3) is 0.118. The van der Waals surface area contributed by atoms with Crippen molar-refractivity contribution in [2.75, 3.05) is 6.54 Å². The highest BCUT2D eigenvalue weighted by atomic mass is 35.5. The molecular formula is C17H15ClFNO2. The van der Waals surface area contributed by atoms with Gasteiger partial charge < -0.3 is 10.1 Å². The van der Waals surface area contributed by atoms with E-state index in [1.54, 1.807) is 24.3 Å². The number of hydrogen-bond donors (Lipinski definition) is 1. The normalized spacial score (nSPS) is 10.6. The van der Waals surface area contributed by atoms with Crippen LogP contribution in [0.25, 0.3) is 6.08 Å². The second-order valence-corrected chi connectivity index (χ2v) is 4.87. The van der Waals surface area contributed by atoms with Crippen LogP contribution in [0.15, 0.2) is 54.6 Å². The Balaban J connectivity index is 1.75. The molecule has 22 heavy (non-hydrogen) atoms. The monoisotopic (exact) mass is 319 g/mol. The van der Waals surface area contributed by atoms with Crippen LogP contribution in [-0.4, -0.2) is 12.6 Å². The van der Waals surface area contributed by atoms with Gasteiger partial charge in [0.05, 0.1) is 5.02 Å². The minimum Gasteiger partial charge on any atom is -0.445 e. The molecule has 0 spiro atoms. The average Bonchev–Trinajstić information content (AvgIpc) is 2.54. The van der Waals surface area contributed by atoms with Gasteiger partial charge in [-0.25, -0.2) is 9.18 Å². The summed E-state index contributed by atoms with van der Waals surface area (Å²) >= 11 is 5.81. The van der Waals surface area contributed by atoms with Crippen molar-refractivity contribution >= 4 is 23.8 Å². The molecule has 1 amide bonds. The van der Waals surface area contributed by atoms with Gasteiger partial charge in [0.1, 0.15) is 12.4 Å². The van der Waals surface area contributed by atoms with E-state index in [-0.39, 0.29) is 18.2 Å². The molecule has 2 aromatic carbocycles. The predicted octanol–water partition coefficient (Wildman–Crippen LogP) is 4.42. The predicted molar refractivity (Wildman–Crippen MR) is 85.1 cm³/mol. The van der Waals surface area contributed by atoms with Crippen molar-refractivity contribution in [2.24, 2.45) is 0 Å². The summed E-state index contributed by atoms with van der Waals surface area (Å²) in [6.45, 7) is 0.479. The molecule has 0 unspecified atom stereocenters. The lowest BCUT2D eigenvalue weighted by Crippen LogP contribution is -2.24. The van der Waals surface area contributed by atoms with E-state index in [1.165, 1.54) is 6.07 Å². The van der Waals surface area contributed by atoms with Crippen molar-refractivity contribution < 1.29 is 13.9 Å². The Bertz CT molecular complexity index is 659. The fourth-order valence-corrected chi connectivity index (χ4v) is 1.94. The zero-order valence-corrected chi connectivity index (χ0v) is 12.5. The molecule has 3 nitrogen and oxygen atoms in total. The van der Waals surface area contributed by atoms with Crippen LogP contribution in [0.5, 0.6) is 0 Å². The maximum Gasteiger partial charge on any atom is 0.407 e. The Kier molecular flexibility index (Phi) is 5.98. The quantitative estimate of drug-likeness (QED) is 0.886. The molecule has 0 fully saturated rings. The van der Waals surface area contributed by atoms with Crippen LogP contribution in [-0.2, 0) is 11.3 Å². The summed E-state index contributed by atoms with van der Waals surface area (Å²) in [6.07, 6.45) is 2.80. The van der Waals surface area contributed by atoms with Crippen molar-refractivity contribution in [1.82, 2.24) is 5.32 Å². The molecule has 0 saturated carbocycles. The molecule has 1 N–H and O–H groups in total. The Morgan fingerprint density at radius 3 is 2.73 bits per heavy atom. The summed E-state index contributed by atoms with van der Waals surface area (Å²) in [6, 6.07) is 13.9. The summed E-state index contributed by atoms with van der Waals surface area (Å²) in [5, 5.41) is 2.63. The third kappa shape index (κ3) is 4.90. The number of carbonyl (C=O) groups is 1. The minimum absolute atomic E-state index is 0.0606. The molecule has 0 aliphatic carbocycles. The number of nitrogens with one attached hydrogen (secondary N) is 1. The highest BCUT2D eigenvalue weighted by molar-refractivity contribution is 6.32. The molecule has 0 aromatic heterocycles. The van der Waals surface area contributed by atoms with Crippen molar-refractivity contribution in [2.45, 2.75) is 6.61 Å².